The second-order valence-electron chi connectivity index (χ2n) is 4.12. The zero-order valence-corrected chi connectivity index (χ0v) is 12.9. The number of anilines is 1. The van der Waals surface area contributed by atoms with Crippen LogP contribution >= 0.6 is 27.7 Å². The second kappa shape index (κ2) is 5.88. The third kappa shape index (κ3) is 2.83. The molecule has 0 fully saturated rings. The average molecular weight is 354 g/mol. The third-order valence-electron chi connectivity index (χ3n) is 2.77. The van der Waals surface area contributed by atoms with Crippen molar-refractivity contribution in [3.05, 3.63) is 34.6 Å². The van der Waals surface area contributed by atoms with Crippen molar-refractivity contribution in [2.75, 3.05) is 18.9 Å². The fourth-order valence-corrected chi connectivity index (χ4v) is 3.33. The van der Waals surface area contributed by atoms with Gasteiger partial charge in [0, 0.05) is 22.6 Å². The lowest BCUT2D eigenvalue weighted by Gasteiger charge is -2.19. The molecule has 0 saturated carbocycles. The fourth-order valence-electron chi connectivity index (χ4n) is 1.81. The van der Waals surface area contributed by atoms with Crippen LogP contribution in [0.5, 0.6) is 11.5 Å². The Bertz CT molecular complexity index is 639. The van der Waals surface area contributed by atoms with Gasteiger partial charge in [-0.25, -0.2) is 9.97 Å². The Kier molecular flexibility index (Phi) is 3.98. The first kappa shape index (κ1) is 13.5. The van der Waals surface area contributed by atoms with Crippen LogP contribution in [0.3, 0.4) is 0 Å². The Morgan fingerprint density at radius 3 is 2.60 bits per heavy atom. The molecule has 0 unspecified atom stereocenters. The van der Waals surface area contributed by atoms with Crippen LogP contribution in [0.4, 0.5) is 5.82 Å². The highest BCUT2D eigenvalue weighted by atomic mass is 79.9. The zero-order valence-electron chi connectivity index (χ0n) is 10.5. The molecule has 0 radical (unpaired) electrons. The minimum atomic E-state index is 0.450. The molecule has 0 aliphatic carbocycles. The van der Waals surface area contributed by atoms with Gasteiger partial charge in [-0.3, -0.25) is 0 Å². The Labute approximate surface area is 129 Å². The number of nitrogens with zero attached hydrogens (tertiary/aromatic N) is 2. The Hall–Kier alpha value is -1.47. The molecule has 3 rings (SSSR count). The lowest BCUT2D eigenvalue weighted by molar-refractivity contribution is 0.171. The molecule has 1 aliphatic heterocycles. The molecule has 1 aliphatic rings. The highest BCUT2D eigenvalue weighted by Gasteiger charge is 2.15. The highest BCUT2D eigenvalue weighted by molar-refractivity contribution is 9.10. The Morgan fingerprint density at radius 2 is 1.85 bits per heavy atom. The number of hydrogen-bond donors (Lipinski definition) is 1. The number of nitrogens with two attached hydrogens (primary N) is 1. The number of thioether (sulfide) groups is 1. The van der Waals surface area contributed by atoms with Crippen molar-refractivity contribution in [2.24, 2.45) is 0 Å². The van der Waals surface area contributed by atoms with Gasteiger partial charge in [-0.15, -0.1) is 0 Å². The lowest BCUT2D eigenvalue weighted by Crippen LogP contribution is -2.15. The number of hydrogen-bond acceptors (Lipinski definition) is 6. The van der Waals surface area contributed by atoms with E-state index in [9.17, 15) is 0 Å². The maximum atomic E-state index is 5.78. The smallest absolute Gasteiger partial charge is 0.162 e. The summed E-state index contributed by atoms with van der Waals surface area (Å²) in [5.41, 5.74) is 6.88. The first-order chi connectivity index (χ1) is 9.74. The van der Waals surface area contributed by atoms with Crippen LogP contribution in [-0.4, -0.2) is 23.2 Å². The summed E-state index contributed by atoms with van der Waals surface area (Å²) in [5.74, 6) is 2.73. The molecular weight excluding hydrogens is 342 g/mol. The van der Waals surface area contributed by atoms with Crippen molar-refractivity contribution < 1.29 is 9.47 Å². The molecule has 1 aromatic carbocycles. The summed E-state index contributed by atoms with van der Waals surface area (Å²) in [6, 6.07) is 3.92. The van der Waals surface area contributed by atoms with Crippen LogP contribution in [0.1, 0.15) is 5.56 Å². The maximum absolute atomic E-state index is 5.78. The van der Waals surface area contributed by atoms with Gasteiger partial charge in [-0.05, 0) is 17.7 Å². The number of halogens is 1. The number of benzene rings is 1. The van der Waals surface area contributed by atoms with Gasteiger partial charge in [0.1, 0.15) is 18.2 Å². The molecule has 2 aromatic rings. The SMILES string of the molecule is Nc1nccnc1SCc1cc2c(cc1Br)OCCO2. The molecule has 0 amide bonds. The van der Waals surface area contributed by atoms with Gasteiger partial charge in [0.05, 0.1) is 0 Å². The standard InChI is InChI=1S/C13H12BrN3O2S/c14-9-6-11-10(18-3-4-19-11)5-8(9)7-20-13-12(15)16-1-2-17-13/h1-2,5-6H,3-4,7H2,(H2,15,16). The predicted molar refractivity (Wildman–Crippen MR) is 81.1 cm³/mol. The lowest BCUT2D eigenvalue weighted by atomic mass is 10.2. The quantitative estimate of drug-likeness (QED) is 0.855. The van der Waals surface area contributed by atoms with Crippen LogP contribution in [-0.2, 0) is 5.75 Å². The van der Waals surface area contributed by atoms with E-state index in [0.717, 1.165) is 32.3 Å². The van der Waals surface area contributed by atoms with Crippen molar-refractivity contribution in [1.29, 1.82) is 0 Å². The molecule has 1 aromatic heterocycles. The van der Waals surface area contributed by atoms with E-state index in [1.807, 2.05) is 12.1 Å². The monoisotopic (exact) mass is 353 g/mol. The minimum Gasteiger partial charge on any atom is -0.486 e. The molecule has 2 heterocycles. The maximum Gasteiger partial charge on any atom is 0.162 e. The van der Waals surface area contributed by atoms with Gasteiger partial charge in [-0.1, -0.05) is 27.7 Å². The van der Waals surface area contributed by atoms with E-state index in [-0.39, 0.29) is 0 Å². The van der Waals surface area contributed by atoms with E-state index in [2.05, 4.69) is 25.9 Å². The van der Waals surface area contributed by atoms with Gasteiger partial charge in [-0.2, -0.15) is 0 Å². The van der Waals surface area contributed by atoms with Gasteiger partial charge < -0.3 is 15.2 Å². The molecule has 2 N–H and O–H groups in total. The molecule has 0 atom stereocenters. The van der Waals surface area contributed by atoms with E-state index in [1.54, 1.807) is 12.4 Å². The van der Waals surface area contributed by atoms with Crippen LogP contribution < -0.4 is 15.2 Å². The van der Waals surface area contributed by atoms with Crippen molar-refractivity contribution in [3.8, 4) is 11.5 Å². The zero-order chi connectivity index (χ0) is 13.9. The van der Waals surface area contributed by atoms with Gasteiger partial charge in [0.25, 0.3) is 0 Å². The molecule has 7 heteroatoms. The Morgan fingerprint density at radius 1 is 1.15 bits per heavy atom. The van der Waals surface area contributed by atoms with Crippen molar-refractivity contribution in [3.63, 3.8) is 0 Å². The first-order valence-electron chi connectivity index (χ1n) is 6.01. The number of fused-ring (bicyclic) bond motifs is 1. The third-order valence-corrected chi connectivity index (χ3v) is 4.55. The molecular formula is C13H12BrN3O2S. The number of rotatable bonds is 3. The largest absolute Gasteiger partial charge is 0.486 e. The minimum absolute atomic E-state index is 0.450. The van der Waals surface area contributed by atoms with Crippen LogP contribution in [0.15, 0.2) is 34.0 Å². The number of aromatic nitrogens is 2. The van der Waals surface area contributed by atoms with Crippen LogP contribution in [0.25, 0.3) is 0 Å². The summed E-state index contributed by atoms with van der Waals surface area (Å²) in [7, 11) is 0. The molecule has 0 saturated heterocycles. The summed E-state index contributed by atoms with van der Waals surface area (Å²) >= 11 is 5.09. The average Bonchev–Trinajstić information content (AvgIpc) is 2.46. The van der Waals surface area contributed by atoms with Gasteiger partial charge >= 0.3 is 0 Å². The number of nitrogen functional groups attached to an aromatic ring is 1. The highest BCUT2D eigenvalue weighted by Crippen LogP contribution is 2.37. The Balaban J connectivity index is 1.79. The van der Waals surface area contributed by atoms with E-state index < -0.39 is 0 Å². The van der Waals surface area contributed by atoms with Gasteiger partial charge in [0.2, 0.25) is 0 Å². The molecule has 5 nitrogen and oxygen atoms in total. The number of ether oxygens (including phenoxy) is 2. The second-order valence-corrected chi connectivity index (χ2v) is 5.94. The fraction of sp³-hybridized carbons (Fsp3) is 0.231. The summed E-state index contributed by atoms with van der Waals surface area (Å²) in [4.78, 5) is 8.24. The van der Waals surface area contributed by atoms with E-state index in [1.165, 1.54) is 11.8 Å². The topological polar surface area (TPSA) is 70.3 Å². The van der Waals surface area contributed by atoms with Crippen molar-refractivity contribution in [2.45, 2.75) is 10.8 Å². The normalized spacial score (nSPS) is 13.2. The van der Waals surface area contributed by atoms with Crippen molar-refractivity contribution >= 4 is 33.5 Å². The summed E-state index contributed by atoms with van der Waals surface area (Å²) in [6.45, 7) is 1.17. The van der Waals surface area contributed by atoms with Crippen molar-refractivity contribution in [1.82, 2.24) is 9.97 Å². The summed E-state index contributed by atoms with van der Waals surface area (Å²) < 4.78 is 12.1. The summed E-state index contributed by atoms with van der Waals surface area (Å²) in [5, 5.41) is 0.731. The van der Waals surface area contributed by atoms with E-state index in [0.29, 0.717) is 19.0 Å². The predicted octanol–water partition coefficient (Wildman–Crippen LogP) is 2.88. The van der Waals surface area contributed by atoms with Crippen LogP contribution in [0, 0.1) is 0 Å². The van der Waals surface area contributed by atoms with E-state index >= 15 is 0 Å². The molecule has 104 valence electrons. The molecule has 20 heavy (non-hydrogen) atoms. The van der Waals surface area contributed by atoms with Gasteiger partial charge in [0.15, 0.2) is 17.3 Å². The summed E-state index contributed by atoms with van der Waals surface area (Å²) in [6.07, 6.45) is 3.22. The first-order valence-corrected chi connectivity index (χ1v) is 7.79. The van der Waals surface area contributed by atoms with Crippen LogP contribution in [0.2, 0.25) is 0 Å². The molecule has 0 bridgehead atoms. The molecule has 0 spiro atoms. The van der Waals surface area contributed by atoms with E-state index in [4.69, 9.17) is 15.2 Å².